The predicted octanol–water partition coefficient (Wildman–Crippen LogP) is 3.20. The van der Waals surface area contributed by atoms with Crippen molar-refractivity contribution in [2.75, 3.05) is 0 Å². The molecule has 2 rings (SSSR count). The van der Waals surface area contributed by atoms with Gasteiger partial charge in [0.05, 0.1) is 5.37 Å². The van der Waals surface area contributed by atoms with Gasteiger partial charge in [0.15, 0.2) is 0 Å². The molecule has 14 heavy (non-hydrogen) atoms. The summed E-state index contributed by atoms with van der Waals surface area (Å²) in [6.07, 6.45) is 11.5. The summed E-state index contributed by atoms with van der Waals surface area (Å²) in [5.41, 5.74) is 0. The SMILES string of the molecule is N=CCC1SC=CN1C1CCCCC1. The van der Waals surface area contributed by atoms with Crippen molar-refractivity contribution in [1.29, 1.82) is 5.41 Å². The van der Waals surface area contributed by atoms with Crippen LogP contribution in [0, 0.1) is 5.41 Å². The Morgan fingerprint density at radius 2 is 2.14 bits per heavy atom. The lowest BCUT2D eigenvalue weighted by molar-refractivity contribution is 0.212. The highest BCUT2D eigenvalue weighted by molar-refractivity contribution is 8.02. The highest BCUT2D eigenvalue weighted by atomic mass is 32.2. The molecule has 0 spiro atoms. The Morgan fingerprint density at radius 1 is 1.36 bits per heavy atom. The molecule has 0 bridgehead atoms. The molecule has 1 saturated carbocycles. The molecule has 0 aromatic rings. The average Bonchev–Trinajstić information content (AvgIpc) is 2.68. The van der Waals surface area contributed by atoms with Gasteiger partial charge >= 0.3 is 0 Å². The molecule has 78 valence electrons. The van der Waals surface area contributed by atoms with Crippen LogP contribution in [0.3, 0.4) is 0 Å². The zero-order chi connectivity index (χ0) is 9.80. The highest BCUT2D eigenvalue weighted by Crippen LogP contribution is 2.33. The Hall–Kier alpha value is -0.440. The van der Waals surface area contributed by atoms with Crippen molar-refractivity contribution < 1.29 is 0 Å². The molecule has 0 aromatic heterocycles. The first kappa shape index (κ1) is 10.1. The third kappa shape index (κ3) is 2.14. The lowest BCUT2D eigenvalue weighted by Crippen LogP contribution is -2.36. The number of hydrogen-bond acceptors (Lipinski definition) is 3. The van der Waals surface area contributed by atoms with Gasteiger partial charge in [-0.15, -0.1) is 11.8 Å². The number of nitrogens with zero attached hydrogens (tertiary/aromatic N) is 1. The Kier molecular flexibility index (Phi) is 3.51. The second-order valence-corrected chi connectivity index (χ2v) is 5.14. The zero-order valence-corrected chi connectivity index (χ0v) is 9.30. The van der Waals surface area contributed by atoms with Gasteiger partial charge in [-0.2, -0.15) is 0 Å². The van der Waals surface area contributed by atoms with Gasteiger partial charge in [-0.05, 0) is 24.5 Å². The molecule has 2 nitrogen and oxygen atoms in total. The summed E-state index contributed by atoms with van der Waals surface area (Å²) in [4.78, 5) is 2.48. The lowest BCUT2D eigenvalue weighted by Gasteiger charge is -2.35. The van der Waals surface area contributed by atoms with E-state index in [4.69, 9.17) is 5.41 Å². The number of thioether (sulfide) groups is 1. The van der Waals surface area contributed by atoms with Crippen LogP contribution in [-0.4, -0.2) is 22.5 Å². The molecule has 1 aliphatic carbocycles. The van der Waals surface area contributed by atoms with Crippen LogP contribution >= 0.6 is 11.8 Å². The molecule has 2 aliphatic rings. The highest BCUT2D eigenvalue weighted by Gasteiger charge is 2.27. The van der Waals surface area contributed by atoms with Crippen LogP contribution in [0.2, 0.25) is 0 Å². The Morgan fingerprint density at radius 3 is 2.86 bits per heavy atom. The largest absolute Gasteiger partial charge is 0.361 e. The van der Waals surface area contributed by atoms with E-state index in [1.54, 1.807) is 6.21 Å². The molecule has 1 heterocycles. The van der Waals surface area contributed by atoms with Gasteiger partial charge in [0.25, 0.3) is 0 Å². The summed E-state index contributed by atoms with van der Waals surface area (Å²) in [6.45, 7) is 0. The monoisotopic (exact) mass is 210 g/mol. The molecular formula is C11H18N2S. The van der Waals surface area contributed by atoms with Crippen LogP contribution in [0.5, 0.6) is 0 Å². The second-order valence-electron chi connectivity index (χ2n) is 4.05. The van der Waals surface area contributed by atoms with Crippen molar-refractivity contribution in [2.24, 2.45) is 0 Å². The molecule has 0 radical (unpaired) electrons. The van der Waals surface area contributed by atoms with Gasteiger partial charge in [-0.1, -0.05) is 19.3 Å². The first-order valence-electron chi connectivity index (χ1n) is 5.50. The molecule has 1 aliphatic heterocycles. The number of hydrogen-bond donors (Lipinski definition) is 1. The first-order chi connectivity index (χ1) is 6.92. The van der Waals surface area contributed by atoms with E-state index in [9.17, 15) is 0 Å². The topological polar surface area (TPSA) is 27.1 Å². The van der Waals surface area contributed by atoms with Crippen molar-refractivity contribution >= 4 is 18.0 Å². The van der Waals surface area contributed by atoms with Crippen LogP contribution in [0.25, 0.3) is 0 Å². The molecule has 3 heteroatoms. The number of nitrogens with one attached hydrogen (secondary N) is 1. The summed E-state index contributed by atoms with van der Waals surface area (Å²) in [6, 6.07) is 0.750. The van der Waals surface area contributed by atoms with Crippen molar-refractivity contribution in [2.45, 2.75) is 49.9 Å². The molecular weight excluding hydrogens is 192 g/mol. The standard InChI is InChI=1S/C11H18N2S/c12-7-6-11-13(8-9-14-11)10-4-2-1-3-5-10/h7-12H,1-6H2. The summed E-state index contributed by atoms with van der Waals surface area (Å²) < 4.78 is 0. The molecule has 1 N–H and O–H groups in total. The molecule has 0 aromatic carbocycles. The smallest absolute Gasteiger partial charge is 0.0838 e. The molecule has 1 atom stereocenters. The van der Waals surface area contributed by atoms with Gasteiger partial charge in [-0.3, -0.25) is 0 Å². The van der Waals surface area contributed by atoms with Crippen molar-refractivity contribution in [3.8, 4) is 0 Å². The van der Waals surface area contributed by atoms with Crippen LogP contribution in [0.1, 0.15) is 38.5 Å². The lowest BCUT2D eigenvalue weighted by atomic mass is 9.94. The maximum Gasteiger partial charge on any atom is 0.0838 e. The Balaban J connectivity index is 1.93. The van der Waals surface area contributed by atoms with Crippen LogP contribution in [0.4, 0.5) is 0 Å². The molecule has 1 unspecified atom stereocenters. The average molecular weight is 210 g/mol. The van der Waals surface area contributed by atoms with Crippen LogP contribution < -0.4 is 0 Å². The predicted molar refractivity (Wildman–Crippen MR) is 62.6 cm³/mol. The summed E-state index contributed by atoms with van der Waals surface area (Å²) >= 11 is 1.86. The van der Waals surface area contributed by atoms with Gasteiger partial charge in [-0.25, -0.2) is 0 Å². The second kappa shape index (κ2) is 4.87. The van der Waals surface area contributed by atoms with E-state index in [2.05, 4.69) is 16.5 Å². The fourth-order valence-electron chi connectivity index (χ4n) is 2.38. The maximum atomic E-state index is 7.18. The Bertz CT molecular complexity index is 221. The summed E-state index contributed by atoms with van der Waals surface area (Å²) in [5, 5.41) is 9.87. The van der Waals surface area contributed by atoms with E-state index in [0.717, 1.165) is 12.5 Å². The van der Waals surface area contributed by atoms with Gasteiger partial charge in [0, 0.05) is 18.7 Å². The van der Waals surface area contributed by atoms with E-state index in [1.807, 2.05) is 11.8 Å². The van der Waals surface area contributed by atoms with E-state index >= 15 is 0 Å². The minimum absolute atomic E-state index is 0.510. The normalized spacial score (nSPS) is 28.3. The minimum atomic E-state index is 0.510. The van der Waals surface area contributed by atoms with E-state index in [-0.39, 0.29) is 0 Å². The van der Waals surface area contributed by atoms with E-state index in [1.165, 1.54) is 32.1 Å². The fourth-order valence-corrected chi connectivity index (χ4v) is 3.36. The fraction of sp³-hybridized carbons (Fsp3) is 0.727. The molecule has 1 fully saturated rings. The van der Waals surface area contributed by atoms with Crippen LogP contribution in [-0.2, 0) is 0 Å². The number of rotatable bonds is 3. The molecule has 0 saturated heterocycles. The first-order valence-corrected chi connectivity index (χ1v) is 6.44. The molecule has 0 amide bonds. The summed E-state index contributed by atoms with van der Waals surface area (Å²) in [5.74, 6) is 0. The van der Waals surface area contributed by atoms with Crippen molar-refractivity contribution in [3.05, 3.63) is 11.6 Å². The van der Waals surface area contributed by atoms with E-state index in [0.29, 0.717) is 5.37 Å². The van der Waals surface area contributed by atoms with E-state index < -0.39 is 0 Å². The maximum absolute atomic E-state index is 7.18. The van der Waals surface area contributed by atoms with Gasteiger partial charge in [0.1, 0.15) is 0 Å². The zero-order valence-electron chi connectivity index (χ0n) is 8.48. The minimum Gasteiger partial charge on any atom is -0.361 e. The van der Waals surface area contributed by atoms with Gasteiger partial charge < -0.3 is 10.3 Å². The van der Waals surface area contributed by atoms with Crippen LogP contribution in [0.15, 0.2) is 11.6 Å². The summed E-state index contributed by atoms with van der Waals surface area (Å²) in [7, 11) is 0. The third-order valence-corrected chi connectivity index (χ3v) is 4.15. The third-order valence-electron chi connectivity index (χ3n) is 3.12. The quantitative estimate of drug-likeness (QED) is 0.724. The Labute approximate surface area is 90.3 Å². The van der Waals surface area contributed by atoms with Crippen molar-refractivity contribution in [3.63, 3.8) is 0 Å². The van der Waals surface area contributed by atoms with Crippen molar-refractivity contribution in [1.82, 2.24) is 4.90 Å². The van der Waals surface area contributed by atoms with Gasteiger partial charge in [0.2, 0.25) is 0 Å².